The molecule has 2 fully saturated rings. The molecule has 2 aliphatic rings. The van der Waals surface area contributed by atoms with Gasteiger partial charge in [0.25, 0.3) is 0 Å². The van der Waals surface area contributed by atoms with Gasteiger partial charge in [0.1, 0.15) is 5.60 Å². The highest BCUT2D eigenvalue weighted by atomic mass is 16.6. The molecule has 1 saturated carbocycles. The monoisotopic (exact) mass is 226 g/mol. The molecule has 0 aromatic carbocycles. The normalized spacial score (nSPS) is 34.0. The Morgan fingerprint density at radius 2 is 2.00 bits per heavy atom. The lowest BCUT2D eigenvalue weighted by molar-refractivity contribution is 0.0206. The minimum atomic E-state index is -0.419. The maximum atomic E-state index is 12.0. The molecule has 92 valence electrons. The fraction of sp³-hybridized carbons (Fsp3) is 0.917. The molecule has 0 aromatic rings. The first-order chi connectivity index (χ1) is 7.38. The molecule has 0 radical (unpaired) electrons. The Labute approximate surface area is 97.1 Å². The summed E-state index contributed by atoms with van der Waals surface area (Å²) in [5.41, 5.74) is 5.64. The lowest BCUT2D eigenvalue weighted by Crippen LogP contribution is -2.47. The van der Waals surface area contributed by atoms with Crippen LogP contribution in [0.5, 0.6) is 0 Å². The van der Waals surface area contributed by atoms with E-state index in [-0.39, 0.29) is 18.2 Å². The number of carbonyl (C=O) groups is 1. The van der Waals surface area contributed by atoms with Gasteiger partial charge in [-0.2, -0.15) is 0 Å². The summed E-state index contributed by atoms with van der Waals surface area (Å²) < 4.78 is 5.41. The molecule has 0 unspecified atom stereocenters. The van der Waals surface area contributed by atoms with Gasteiger partial charge in [-0.25, -0.2) is 4.79 Å². The van der Waals surface area contributed by atoms with E-state index in [4.69, 9.17) is 10.5 Å². The van der Waals surface area contributed by atoms with E-state index in [0.29, 0.717) is 5.92 Å². The van der Waals surface area contributed by atoms with Crippen molar-refractivity contribution < 1.29 is 9.53 Å². The van der Waals surface area contributed by atoms with Gasteiger partial charge in [0, 0.05) is 12.6 Å². The molecule has 2 N–H and O–H groups in total. The minimum Gasteiger partial charge on any atom is -0.444 e. The smallest absolute Gasteiger partial charge is 0.410 e. The van der Waals surface area contributed by atoms with Gasteiger partial charge in [0.2, 0.25) is 0 Å². The van der Waals surface area contributed by atoms with Crippen molar-refractivity contribution in [3.05, 3.63) is 0 Å². The zero-order chi connectivity index (χ0) is 11.9. The number of rotatable bonds is 0. The van der Waals surface area contributed by atoms with Crippen LogP contribution in [0.4, 0.5) is 4.79 Å². The Balaban J connectivity index is 2.02. The molecule has 1 aliphatic carbocycles. The number of amides is 1. The molecule has 1 aliphatic heterocycles. The molecule has 0 bridgehead atoms. The molecule has 2 rings (SSSR count). The van der Waals surface area contributed by atoms with Gasteiger partial charge >= 0.3 is 6.09 Å². The number of carbonyl (C=O) groups excluding carboxylic acids is 1. The Kier molecular flexibility index (Phi) is 2.86. The van der Waals surface area contributed by atoms with Gasteiger partial charge in [0.15, 0.2) is 0 Å². The van der Waals surface area contributed by atoms with Crippen LogP contribution in [0.1, 0.15) is 40.0 Å². The van der Waals surface area contributed by atoms with Crippen molar-refractivity contribution in [2.75, 3.05) is 6.54 Å². The highest BCUT2D eigenvalue weighted by Crippen LogP contribution is 2.37. The number of nitrogens with two attached hydrogens (primary N) is 1. The first kappa shape index (κ1) is 11.7. The summed E-state index contributed by atoms with van der Waals surface area (Å²) in [5, 5.41) is 0. The molecule has 4 nitrogen and oxygen atoms in total. The SMILES string of the molecule is CC(C)(C)OC(=O)N1CC[C@@H]2CC[C@@H](N)[C@@H]21. The fourth-order valence-corrected chi connectivity index (χ4v) is 2.89. The third-order valence-corrected chi connectivity index (χ3v) is 3.52. The topological polar surface area (TPSA) is 55.6 Å². The van der Waals surface area contributed by atoms with Crippen LogP contribution in [0.15, 0.2) is 0 Å². The van der Waals surface area contributed by atoms with E-state index >= 15 is 0 Å². The van der Waals surface area contributed by atoms with Crippen molar-refractivity contribution in [3.8, 4) is 0 Å². The predicted molar refractivity (Wildman–Crippen MR) is 62.0 cm³/mol. The molecule has 16 heavy (non-hydrogen) atoms. The Morgan fingerprint density at radius 3 is 2.62 bits per heavy atom. The summed E-state index contributed by atoms with van der Waals surface area (Å²) in [6.45, 7) is 6.49. The molecule has 1 amide bonds. The summed E-state index contributed by atoms with van der Waals surface area (Å²) in [4.78, 5) is 13.8. The molecule has 1 heterocycles. The van der Waals surface area contributed by atoms with Gasteiger partial charge in [-0.3, -0.25) is 0 Å². The van der Waals surface area contributed by atoms with E-state index in [9.17, 15) is 4.79 Å². The molecular weight excluding hydrogens is 204 g/mol. The van der Waals surface area contributed by atoms with Gasteiger partial charge in [-0.1, -0.05) is 0 Å². The van der Waals surface area contributed by atoms with Crippen molar-refractivity contribution in [1.29, 1.82) is 0 Å². The molecule has 1 saturated heterocycles. The van der Waals surface area contributed by atoms with Crippen LogP contribution >= 0.6 is 0 Å². The summed E-state index contributed by atoms with van der Waals surface area (Å²) in [7, 11) is 0. The van der Waals surface area contributed by atoms with Crippen LogP contribution in [0.3, 0.4) is 0 Å². The Hall–Kier alpha value is -0.770. The summed E-state index contributed by atoms with van der Waals surface area (Å²) in [6.07, 6.45) is 3.08. The maximum absolute atomic E-state index is 12.0. The van der Waals surface area contributed by atoms with E-state index in [2.05, 4.69) is 0 Å². The molecule has 0 spiro atoms. The lowest BCUT2D eigenvalue weighted by atomic mass is 10.0. The van der Waals surface area contributed by atoms with Crippen LogP contribution < -0.4 is 5.73 Å². The van der Waals surface area contributed by atoms with Crippen LogP contribution in [-0.2, 0) is 4.74 Å². The minimum absolute atomic E-state index is 0.139. The van der Waals surface area contributed by atoms with E-state index in [1.807, 2.05) is 25.7 Å². The number of likely N-dealkylation sites (tertiary alicyclic amines) is 1. The summed E-state index contributed by atoms with van der Waals surface area (Å²) in [6, 6.07) is 0.356. The number of hydrogen-bond acceptors (Lipinski definition) is 3. The highest BCUT2D eigenvalue weighted by Gasteiger charge is 2.45. The molecule has 4 heteroatoms. The zero-order valence-corrected chi connectivity index (χ0v) is 10.4. The van der Waals surface area contributed by atoms with Crippen molar-refractivity contribution in [1.82, 2.24) is 4.90 Å². The molecular formula is C12H22N2O2. The van der Waals surface area contributed by atoms with Gasteiger partial charge < -0.3 is 15.4 Å². The maximum Gasteiger partial charge on any atom is 0.410 e. The van der Waals surface area contributed by atoms with E-state index in [0.717, 1.165) is 25.8 Å². The average Bonchev–Trinajstić information content (AvgIpc) is 2.66. The Morgan fingerprint density at radius 1 is 1.31 bits per heavy atom. The first-order valence-corrected chi connectivity index (χ1v) is 6.14. The summed E-state index contributed by atoms with van der Waals surface area (Å²) in [5.74, 6) is 0.600. The van der Waals surface area contributed by atoms with E-state index < -0.39 is 5.60 Å². The van der Waals surface area contributed by atoms with Crippen LogP contribution in [-0.4, -0.2) is 35.2 Å². The van der Waals surface area contributed by atoms with Crippen molar-refractivity contribution in [3.63, 3.8) is 0 Å². The average molecular weight is 226 g/mol. The number of fused-ring (bicyclic) bond motifs is 1. The number of hydrogen-bond donors (Lipinski definition) is 1. The van der Waals surface area contributed by atoms with Crippen molar-refractivity contribution in [2.45, 2.75) is 57.7 Å². The quantitative estimate of drug-likeness (QED) is 0.684. The van der Waals surface area contributed by atoms with Crippen LogP contribution in [0.2, 0.25) is 0 Å². The third-order valence-electron chi connectivity index (χ3n) is 3.52. The Bertz CT molecular complexity index is 285. The van der Waals surface area contributed by atoms with Crippen LogP contribution in [0.25, 0.3) is 0 Å². The second-order valence-electron chi connectivity index (χ2n) is 5.95. The first-order valence-electron chi connectivity index (χ1n) is 6.14. The molecule has 0 aromatic heterocycles. The van der Waals surface area contributed by atoms with Gasteiger partial charge in [0.05, 0.1) is 6.04 Å². The third kappa shape index (κ3) is 2.17. The van der Waals surface area contributed by atoms with Crippen LogP contribution in [0, 0.1) is 5.92 Å². The number of nitrogens with zero attached hydrogens (tertiary/aromatic N) is 1. The van der Waals surface area contributed by atoms with E-state index in [1.165, 1.54) is 0 Å². The van der Waals surface area contributed by atoms with Gasteiger partial charge in [-0.05, 0) is 46.0 Å². The summed E-state index contributed by atoms with van der Waals surface area (Å²) >= 11 is 0. The van der Waals surface area contributed by atoms with Gasteiger partial charge in [-0.15, -0.1) is 0 Å². The highest BCUT2D eigenvalue weighted by molar-refractivity contribution is 5.69. The van der Waals surface area contributed by atoms with Crippen molar-refractivity contribution >= 4 is 6.09 Å². The lowest BCUT2D eigenvalue weighted by Gasteiger charge is -2.30. The predicted octanol–water partition coefficient (Wildman–Crippen LogP) is 1.73. The fourth-order valence-electron chi connectivity index (χ4n) is 2.89. The molecule has 3 atom stereocenters. The second kappa shape index (κ2) is 3.91. The number of ether oxygens (including phenoxy) is 1. The van der Waals surface area contributed by atoms with E-state index in [1.54, 1.807) is 0 Å². The second-order valence-corrected chi connectivity index (χ2v) is 5.95. The standard InChI is InChI=1S/C12H22N2O2/c1-12(2,3)16-11(15)14-7-6-8-4-5-9(13)10(8)14/h8-10H,4-7,13H2,1-3H3/t8-,9+,10+/m0/s1. The van der Waals surface area contributed by atoms with Crippen molar-refractivity contribution in [2.24, 2.45) is 11.7 Å². The zero-order valence-electron chi connectivity index (χ0n) is 10.4. The largest absolute Gasteiger partial charge is 0.444 e.